The molecule has 0 unspecified atom stereocenters. The van der Waals surface area contributed by atoms with Gasteiger partial charge >= 0.3 is 6.09 Å². The lowest BCUT2D eigenvalue weighted by atomic mass is 10.1. The molecule has 3 aromatic rings. The molecule has 0 spiro atoms. The Kier molecular flexibility index (Phi) is 3.95. The highest BCUT2D eigenvalue weighted by atomic mass is 16.6. The van der Waals surface area contributed by atoms with Crippen molar-refractivity contribution < 1.29 is 14.3 Å². The van der Waals surface area contributed by atoms with Crippen LogP contribution in [-0.4, -0.2) is 30.9 Å². The Hall–Kier alpha value is -3.15. The topological polar surface area (TPSA) is 69.7 Å². The van der Waals surface area contributed by atoms with E-state index in [9.17, 15) is 4.79 Å². The Morgan fingerprint density at radius 3 is 2.77 bits per heavy atom. The summed E-state index contributed by atoms with van der Waals surface area (Å²) in [6, 6.07) is 13.8. The summed E-state index contributed by atoms with van der Waals surface area (Å²) in [5.41, 5.74) is 11.0. The number of methoxy groups -OCH3 is 1. The van der Waals surface area contributed by atoms with E-state index in [4.69, 9.17) is 15.2 Å². The molecule has 2 aromatic carbocycles. The van der Waals surface area contributed by atoms with Gasteiger partial charge in [-0.1, -0.05) is 12.1 Å². The number of ether oxygens (including phenoxy) is 2. The van der Waals surface area contributed by atoms with Gasteiger partial charge in [0.1, 0.15) is 12.4 Å². The summed E-state index contributed by atoms with van der Waals surface area (Å²) in [5, 5.41) is 0.994. The number of fused-ring (bicyclic) bond motifs is 1. The monoisotopic (exact) mass is 351 g/mol. The maximum Gasteiger partial charge on any atom is 0.414 e. The highest BCUT2D eigenvalue weighted by molar-refractivity contribution is 6.02. The second-order valence-electron chi connectivity index (χ2n) is 6.21. The molecule has 6 heteroatoms. The standard InChI is InChI=1S/C20H21N3O3/c1-3-22-17-12-15(25-2)7-8-16(17)18(21)19(22)13-5-4-6-14(11-13)23-9-10-26-20(23)24/h4-8,11-12H,3,9-10,21H2,1-2H3. The van der Waals surface area contributed by atoms with Crippen LogP contribution in [0.5, 0.6) is 5.75 Å². The van der Waals surface area contributed by atoms with Crippen molar-refractivity contribution in [2.45, 2.75) is 13.5 Å². The average molecular weight is 351 g/mol. The maximum absolute atomic E-state index is 11.9. The Morgan fingerprint density at radius 1 is 1.23 bits per heavy atom. The quantitative estimate of drug-likeness (QED) is 0.774. The minimum atomic E-state index is -0.309. The van der Waals surface area contributed by atoms with E-state index >= 15 is 0 Å². The van der Waals surface area contributed by atoms with Crippen molar-refractivity contribution in [2.75, 3.05) is 30.9 Å². The number of anilines is 2. The number of aromatic nitrogens is 1. The summed E-state index contributed by atoms with van der Waals surface area (Å²) in [5.74, 6) is 0.796. The number of hydrogen-bond donors (Lipinski definition) is 1. The highest BCUT2D eigenvalue weighted by Crippen LogP contribution is 2.38. The van der Waals surface area contributed by atoms with Crippen LogP contribution in [-0.2, 0) is 11.3 Å². The third-order valence-electron chi connectivity index (χ3n) is 4.82. The van der Waals surface area contributed by atoms with Gasteiger partial charge in [0, 0.05) is 29.2 Å². The summed E-state index contributed by atoms with van der Waals surface area (Å²) < 4.78 is 12.6. The van der Waals surface area contributed by atoms with Gasteiger partial charge in [0.25, 0.3) is 0 Å². The van der Waals surface area contributed by atoms with Crippen LogP contribution in [0, 0.1) is 0 Å². The summed E-state index contributed by atoms with van der Waals surface area (Å²) in [6.45, 7) is 3.83. The van der Waals surface area contributed by atoms with Crippen molar-refractivity contribution in [3.8, 4) is 17.0 Å². The normalized spacial score (nSPS) is 14.1. The molecule has 26 heavy (non-hydrogen) atoms. The van der Waals surface area contributed by atoms with Crippen molar-refractivity contribution in [3.05, 3.63) is 42.5 Å². The summed E-state index contributed by atoms with van der Waals surface area (Å²) in [6.07, 6.45) is -0.309. The molecular formula is C20H21N3O3. The third-order valence-corrected chi connectivity index (χ3v) is 4.82. The molecule has 0 bridgehead atoms. The lowest BCUT2D eigenvalue weighted by Gasteiger charge is -2.15. The number of amides is 1. The number of aryl methyl sites for hydroxylation is 1. The fraction of sp³-hybridized carbons (Fsp3) is 0.250. The van der Waals surface area contributed by atoms with E-state index in [0.29, 0.717) is 13.2 Å². The summed E-state index contributed by atoms with van der Waals surface area (Å²) in [7, 11) is 1.66. The largest absolute Gasteiger partial charge is 0.497 e. The van der Waals surface area contributed by atoms with Gasteiger partial charge in [0.2, 0.25) is 0 Å². The second-order valence-corrected chi connectivity index (χ2v) is 6.21. The van der Waals surface area contributed by atoms with Crippen molar-refractivity contribution in [3.63, 3.8) is 0 Å². The van der Waals surface area contributed by atoms with Crippen LogP contribution in [0.1, 0.15) is 6.92 Å². The molecule has 134 valence electrons. The molecule has 6 nitrogen and oxygen atoms in total. The number of nitrogen functional groups attached to an aromatic ring is 1. The van der Waals surface area contributed by atoms with Gasteiger partial charge < -0.3 is 19.8 Å². The van der Waals surface area contributed by atoms with Crippen LogP contribution in [0.25, 0.3) is 22.2 Å². The molecule has 2 N–H and O–H groups in total. The van der Waals surface area contributed by atoms with Gasteiger partial charge in [-0.05, 0) is 31.2 Å². The Balaban J connectivity index is 1.89. The lowest BCUT2D eigenvalue weighted by Crippen LogP contribution is -2.23. The van der Waals surface area contributed by atoms with Crippen LogP contribution in [0.3, 0.4) is 0 Å². The molecule has 0 aliphatic carbocycles. The summed E-state index contributed by atoms with van der Waals surface area (Å²) >= 11 is 0. The first-order valence-corrected chi connectivity index (χ1v) is 8.64. The van der Waals surface area contributed by atoms with E-state index in [-0.39, 0.29) is 6.09 Å². The van der Waals surface area contributed by atoms with Crippen LogP contribution >= 0.6 is 0 Å². The molecule has 1 aliphatic heterocycles. The van der Waals surface area contributed by atoms with Gasteiger partial charge in [-0.3, -0.25) is 4.90 Å². The van der Waals surface area contributed by atoms with Crippen LogP contribution in [0.2, 0.25) is 0 Å². The van der Waals surface area contributed by atoms with Gasteiger partial charge in [-0.2, -0.15) is 0 Å². The van der Waals surface area contributed by atoms with Crippen molar-refractivity contribution in [1.29, 1.82) is 0 Å². The number of carbonyl (C=O) groups is 1. The minimum Gasteiger partial charge on any atom is -0.497 e. The first kappa shape index (κ1) is 16.3. The zero-order valence-corrected chi connectivity index (χ0v) is 14.9. The molecule has 1 aromatic heterocycles. The molecule has 2 heterocycles. The van der Waals surface area contributed by atoms with E-state index in [0.717, 1.165) is 45.8 Å². The van der Waals surface area contributed by atoms with Gasteiger partial charge in [0.15, 0.2) is 0 Å². The fourth-order valence-corrected chi connectivity index (χ4v) is 3.57. The minimum absolute atomic E-state index is 0.309. The molecule has 1 amide bonds. The van der Waals surface area contributed by atoms with Crippen LogP contribution in [0.4, 0.5) is 16.2 Å². The summed E-state index contributed by atoms with van der Waals surface area (Å²) in [4.78, 5) is 13.5. The molecule has 0 saturated carbocycles. The molecular weight excluding hydrogens is 330 g/mol. The lowest BCUT2D eigenvalue weighted by molar-refractivity contribution is 0.181. The molecule has 1 saturated heterocycles. The number of cyclic esters (lactones) is 1. The number of rotatable bonds is 4. The zero-order chi connectivity index (χ0) is 18.3. The van der Waals surface area contributed by atoms with Crippen molar-refractivity contribution in [2.24, 2.45) is 0 Å². The number of nitrogens with two attached hydrogens (primary N) is 1. The molecule has 1 aliphatic rings. The van der Waals surface area contributed by atoms with E-state index in [1.54, 1.807) is 12.0 Å². The van der Waals surface area contributed by atoms with Gasteiger partial charge in [-0.25, -0.2) is 4.79 Å². The first-order valence-electron chi connectivity index (χ1n) is 8.64. The highest BCUT2D eigenvalue weighted by Gasteiger charge is 2.24. The fourth-order valence-electron chi connectivity index (χ4n) is 3.57. The van der Waals surface area contributed by atoms with E-state index in [2.05, 4.69) is 11.5 Å². The molecule has 4 rings (SSSR count). The smallest absolute Gasteiger partial charge is 0.414 e. The van der Waals surface area contributed by atoms with Gasteiger partial charge in [-0.15, -0.1) is 0 Å². The SMILES string of the molecule is CCn1c(-c2cccc(N3CCOC3=O)c2)c(N)c2ccc(OC)cc21. The zero-order valence-electron chi connectivity index (χ0n) is 14.9. The van der Waals surface area contributed by atoms with Crippen molar-refractivity contribution in [1.82, 2.24) is 4.57 Å². The Labute approximate surface area is 151 Å². The predicted octanol–water partition coefficient (Wildman–Crippen LogP) is 3.88. The number of benzene rings is 2. The van der Waals surface area contributed by atoms with E-state index in [1.807, 2.05) is 42.5 Å². The van der Waals surface area contributed by atoms with Crippen molar-refractivity contribution >= 4 is 28.4 Å². The number of carbonyl (C=O) groups excluding carboxylic acids is 1. The van der Waals surface area contributed by atoms with Crippen LogP contribution in [0.15, 0.2) is 42.5 Å². The first-order chi connectivity index (χ1) is 12.6. The van der Waals surface area contributed by atoms with E-state index < -0.39 is 0 Å². The number of nitrogens with zero attached hydrogens (tertiary/aromatic N) is 2. The predicted molar refractivity (Wildman–Crippen MR) is 103 cm³/mol. The molecule has 0 atom stereocenters. The second kappa shape index (κ2) is 6.29. The molecule has 1 fully saturated rings. The van der Waals surface area contributed by atoms with Crippen LogP contribution < -0.4 is 15.4 Å². The van der Waals surface area contributed by atoms with Gasteiger partial charge in [0.05, 0.1) is 30.6 Å². The third kappa shape index (κ3) is 2.45. The Morgan fingerprint density at radius 2 is 2.08 bits per heavy atom. The Bertz CT molecular complexity index is 993. The molecule has 0 radical (unpaired) electrons. The van der Waals surface area contributed by atoms with E-state index in [1.165, 1.54) is 0 Å². The average Bonchev–Trinajstić information content (AvgIpc) is 3.22. The number of hydrogen-bond acceptors (Lipinski definition) is 4. The maximum atomic E-state index is 11.9.